The third kappa shape index (κ3) is 7.41. The van der Waals surface area contributed by atoms with E-state index in [0.717, 1.165) is 79.1 Å². The number of methoxy groups -OCH3 is 6. The largest absolute Gasteiger partial charge is 0.493 e. The second-order valence-electron chi connectivity index (χ2n) is 10.9. The Kier molecular flexibility index (Phi) is 10.6. The SMILES string of the molecule is COc1cc(-c2cncc(CN3CCCN(Cc4cncc(-c5cc(OC)c(OC)c(OC)c5)c4)CC3)c2)cc(OC)c1OC. The highest BCUT2D eigenvalue weighted by Gasteiger charge is 2.19. The Morgan fingerprint density at radius 1 is 0.467 bits per heavy atom. The van der Waals surface area contributed by atoms with Gasteiger partial charge in [0.15, 0.2) is 23.0 Å². The fraction of sp³-hybridized carbons (Fsp3) is 0.371. The average Bonchev–Trinajstić information content (AvgIpc) is 3.31. The zero-order valence-electron chi connectivity index (χ0n) is 27.0. The minimum Gasteiger partial charge on any atom is -0.493 e. The van der Waals surface area contributed by atoms with Crippen molar-refractivity contribution in [2.45, 2.75) is 19.5 Å². The molecule has 2 aromatic heterocycles. The quantitative estimate of drug-likeness (QED) is 0.202. The van der Waals surface area contributed by atoms with Crippen LogP contribution in [-0.2, 0) is 13.1 Å². The number of benzene rings is 2. The van der Waals surface area contributed by atoms with Crippen molar-refractivity contribution in [1.82, 2.24) is 19.8 Å². The molecule has 4 aromatic rings. The van der Waals surface area contributed by atoms with E-state index in [9.17, 15) is 0 Å². The van der Waals surface area contributed by atoms with Crippen molar-refractivity contribution in [3.8, 4) is 56.8 Å². The Balaban J connectivity index is 1.25. The summed E-state index contributed by atoms with van der Waals surface area (Å²) in [5, 5.41) is 0. The van der Waals surface area contributed by atoms with Crippen molar-refractivity contribution >= 4 is 0 Å². The number of ether oxygens (including phenoxy) is 6. The van der Waals surface area contributed by atoms with Crippen LogP contribution in [-0.4, -0.2) is 88.6 Å². The van der Waals surface area contributed by atoms with E-state index in [-0.39, 0.29) is 0 Å². The molecule has 0 spiro atoms. The topological polar surface area (TPSA) is 87.6 Å². The maximum Gasteiger partial charge on any atom is 0.203 e. The molecule has 238 valence electrons. The Bertz CT molecular complexity index is 1430. The van der Waals surface area contributed by atoms with Gasteiger partial charge in [0.05, 0.1) is 42.7 Å². The molecule has 1 aliphatic rings. The molecular weight excluding hydrogens is 572 g/mol. The van der Waals surface area contributed by atoms with Gasteiger partial charge in [-0.3, -0.25) is 19.8 Å². The van der Waals surface area contributed by atoms with E-state index in [1.54, 1.807) is 42.7 Å². The fourth-order valence-corrected chi connectivity index (χ4v) is 5.82. The standard InChI is InChI=1S/C35H42N4O6/c1-40-30-14-26(15-31(41-2)34(30)44-5)28-12-24(18-36-20-28)22-38-8-7-9-39(11-10-38)23-25-13-29(21-37-19-25)27-16-32(42-3)35(45-6)33(17-27)43-4/h12-21H,7-11,22-23H2,1-6H3. The van der Waals surface area contributed by atoms with Gasteiger partial charge in [0.2, 0.25) is 11.5 Å². The first-order chi connectivity index (χ1) is 22.0. The van der Waals surface area contributed by atoms with Gasteiger partial charge < -0.3 is 28.4 Å². The van der Waals surface area contributed by atoms with E-state index < -0.39 is 0 Å². The minimum atomic E-state index is 0.575. The molecule has 45 heavy (non-hydrogen) atoms. The van der Waals surface area contributed by atoms with Gasteiger partial charge in [-0.25, -0.2) is 0 Å². The smallest absolute Gasteiger partial charge is 0.203 e. The van der Waals surface area contributed by atoms with Gasteiger partial charge >= 0.3 is 0 Å². The normalized spacial score (nSPS) is 14.0. The number of hydrogen-bond donors (Lipinski definition) is 0. The van der Waals surface area contributed by atoms with E-state index in [2.05, 4.69) is 31.9 Å². The van der Waals surface area contributed by atoms with E-state index in [1.807, 2.05) is 49.1 Å². The third-order valence-corrected chi connectivity index (χ3v) is 8.08. The molecule has 0 bridgehead atoms. The van der Waals surface area contributed by atoms with Gasteiger partial charge in [-0.1, -0.05) is 0 Å². The van der Waals surface area contributed by atoms with Crippen molar-refractivity contribution in [2.24, 2.45) is 0 Å². The summed E-state index contributed by atoms with van der Waals surface area (Å²) in [6, 6.07) is 12.2. The lowest BCUT2D eigenvalue weighted by molar-refractivity contribution is 0.247. The molecule has 0 atom stereocenters. The first-order valence-corrected chi connectivity index (χ1v) is 14.9. The zero-order chi connectivity index (χ0) is 31.8. The molecule has 0 radical (unpaired) electrons. The van der Waals surface area contributed by atoms with E-state index >= 15 is 0 Å². The van der Waals surface area contributed by atoms with Gasteiger partial charge in [-0.15, -0.1) is 0 Å². The summed E-state index contributed by atoms with van der Waals surface area (Å²) >= 11 is 0. The number of pyridine rings is 2. The molecule has 0 aliphatic carbocycles. The van der Waals surface area contributed by atoms with Gasteiger partial charge in [0.25, 0.3) is 0 Å². The van der Waals surface area contributed by atoms with Crippen LogP contribution in [0.15, 0.2) is 61.2 Å². The summed E-state index contributed by atoms with van der Waals surface area (Å²) in [5.41, 5.74) is 6.26. The van der Waals surface area contributed by atoms with Crippen molar-refractivity contribution < 1.29 is 28.4 Å². The molecule has 0 saturated carbocycles. The van der Waals surface area contributed by atoms with Crippen molar-refractivity contribution in [2.75, 3.05) is 68.8 Å². The minimum absolute atomic E-state index is 0.575. The molecule has 2 aromatic carbocycles. The van der Waals surface area contributed by atoms with E-state index in [4.69, 9.17) is 28.4 Å². The lowest BCUT2D eigenvalue weighted by atomic mass is 10.0. The highest BCUT2D eigenvalue weighted by Crippen LogP contribution is 2.42. The van der Waals surface area contributed by atoms with Gasteiger partial charge in [0.1, 0.15) is 0 Å². The van der Waals surface area contributed by atoms with Gasteiger partial charge in [-0.2, -0.15) is 0 Å². The molecule has 5 rings (SSSR count). The second kappa shape index (κ2) is 15.0. The lowest BCUT2D eigenvalue weighted by Gasteiger charge is -2.22. The molecule has 10 heteroatoms. The molecule has 1 aliphatic heterocycles. The number of nitrogens with zero attached hydrogens (tertiary/aromatic N) is 4. The summed E-state index contributed by atoms with van der Waals surface area (Å²) in [4.78, 5) is 14.1. The van der Waals surface area contributed by atoms with Gasteiger partial charge in [-0.05, 0) is 78.2 Å². The first-order valence-electron chi connectivity index (χ1n) is 14.9. The molecule has 10 nitrogen and oxygen atoms in total. The van der Waals surface area contributed by atoms with Crippen LogP contribution in [0.3, 0.4) is 0 Å². The highest BCUT2D eigenvalue weighted by atomic mass is 16.5. The highest BCUT2D eigenvalue weighted by molar-refractivity contribution is 5.72. The zero-order valence-corrected chi connectivity index (χ0v) is 27.0. The number of hydrogen-bond acceptors (Lipinski definition) is 10. The second-order valence-corrected chi connectivity index (χ2v) is 10.9. The Morgan fingerprint density at radius 2 is 0.844 bits per heavy atom. The van der Waals surface area contributed by atoms with Crippen LogP contribution in [0.5, 0.6) is 34.5 Å². The van der Waals surface area contributed by atoms with Crippen LogP contribution in [0.4, 0.5) is 0 Å². The lowest BCUT2D eigenvalue weighted by Crippen LogP contribution is -2.30. The van der Waals surface area contributed by atoms with Crippen molar-refractivity contribution in [3.05, 3.63) is 72.3 Å². The number of aromatic nitrogens is 2. The summed E-state index contributed by atoms with van der Waals surface area (Å²) in [7, 11) is 9.72. The van der Waals surface area contributed by atoms with Crippen molar-refractivity contribution in [3.63, 3.8) is 0 Å². The average molecular weight is 615 g/mol. The molecular formula is C35H42N4O6. The summed E-state index contributed by atoms with van der Waals surface area (Å²) < 4.78 is 33.2. The van der Waals surface area contributed by atoms with Crippen LogP contribution in [0, 0.1) is 0 Å². The molecule has 0 N–H and O–H groups in total. The first kappa shape index (κ1) is 31.9. The fourth-order valence-electron chi connectivity index (χ4n) is 5.82. The molecule has 0 amide bonds. The molecule has 1 saturated heterocycles. The van der Waals surface area contributed by atoms with Crippen LogP contribution >= 0.6 is 0 Å². The monoisotopic (exact) mass is 614 g/mol. The maximum absolute atomic E-state index is 5.56. The predicted octanol–water partition coefficient (Wildman–Crippen LogP) is 5.57. The predicted molar refractivity (Wildman–Crippen MR) is 174 cm³/mol. The molecule has 0 unspecified atom stereocenters. The summed E-state index contributed by atoms with van der Waals surface area (Å²) in [6.07, 6.45) is 8.72. The van der Waals surface area contributed by atoms with E-state index in [1.165, 1.54) is 0 Å². The Hall–Kier alpha value is -4.54. The Labute approximate surface area is 265 Å². The van der Waals surface area contributed by atoms with Crippen LogP contribution in [0.2, 0.25) is 0 Å². The molecule has 3 heterocycles. The summed E-state index contributed by atoms with van der Waals surface area (Å²) in [5.74, 6) is 3.63. The third-order valence-electron chi connectivity index (χ3n) is 8.08. The van der Waals surface area contributed by atoms with Crippen LogP contribution in [0.25, 0.3) is 22.3 Å². The van der Waals surface area contributed by atoms with E-state index in [0.29, 0.717) is 34.5 Å². The van der Waals surface area contributed by atoms with Gasteiger partial charge in [0, 0.05) is 62.1 Å². The Morgan fingerprint density at radius 3 is 1.18 bits per heavy atom. The molecule has 1 fully saturated rings. The van der Waals surface area contributed by atoms with Crippen molar-refractivity contribution in [1.29, 1.82) is 0 Å². The maximum atomic E-state index is 5.56. The van der Waals surface area contributed by atoms with Crippen LogP contribution in [0.1, 0.15) is 17.5 Å². The number of rotatable bonds is 12. The summed E-state index contributed by atoms with van der Waals surface area (Å²) in [6.45, 7) is 5.64. The van der Waals surface area contributed by atoms with Crippen LogP contribution < -0.4 is 28.4 Å².